The average Bonchev–Trinajstić information content (AvgIpc) is 3.24. The van der Waals surface area contributed by atoms with E-state index in [1.165, 1.54) is 0 Å². The zero-order chi connectivity index (χ0) is 14.6. The maximum absolute atomic E-state index is 12.3. The minimum absolute atomic E-state index is 0.217. The highest BCUT2D eigenvalue weighted by Gasteiger charge is 2.41. The molecule has 4 nitrogen and oxygen atoms in total. The largest absolute Gasteiger partial charge is 0.313 e. The Hall–Kier alpha value is -0.910. The first-order valence-electron chi connectivity index (χ1n) is 7.31. The van der Waals surface area contributed by atoms with Gasteiger partial charge in [-0.3, -0.25) is 0 Å². The summed E-state index contributed by atoms with van der Waals surface area (Å²) in [5.74, 6) is 0. The highest BCUT2D eigenvalue weighted by Crippen LogP contribution is 2.48. The molecule has 112 valence electrons. The molecule has 1 aromatic rings. The molecule has 5 heteroatoms. The standard InChI is InChI=1S/C15H24N2O2S/c1-3-15(8-9-15)12-17-20(18,19)14-7-5-6-13(10-14)11-16-4-2/h5-7,10,16-17H,3-4,8-9,11-12H2,1-2H3. The highest BCUT2D eigenvalue weighted by atomic mass is 32.2. The molecule has 1 saturated carbocycles. The van der Waals surface area contributed by atoms with E-state index in [0.717, 1.165) is 31.4 Å². The zero-order valence-electron chi connectivity index (χ0n) is 12.3. The van der Waals surface area contributed by atoms with E-state index in [0.29, 0.717) is 18.0 Å². The van der Waals surface area contributed by atoms with Crippen LogP contribution < -0.4 is 10.0 Å². The second kappa shape index (κ2) is 6.24. The minimum atomic E-state index is -3.39. The monoisotopic (exact) mass is 296 g/mol. The van der Waals surface area contributed by atoms with Crippen LogP contribution in [0, 0.1) is 5.41 Å². The van der Waals surface area contributed by atoms with Gasteiger partial charge in [-0.05, 0) is 48.9 Å². The van der Waals surface area contributed by atoms with E-state index in [-0.39, 0.29) is 5.41 Å². The van der Waals surface area contributed by atoms with Crippen molar-refractivity contribution in [2.75, 3.05) is 13.1 Å². The molecule has 0 saturated heterocycles. The van der Waals surface area contributed by atoms with Crippen LogP contribution in [0.5, 0.6) is 0 Å². The third kappa shape index (κ3) is 3.81. The summed E-state index contributed by atoms with van der Waals surface area (Å²) in [6.07, 6.45) is 3.30. The van der Waals surface area contributed by atoms with Crippen molar-refractivity contribution in [3.63, 3.8) is 0 Å². The summed E-state index contributed by atoms with van der Waals surface area (Å²) in [5, 5.41) is 3.20. The molecule has 2 N–H and O–H groups in total. The third-order valence-electron chi connectivity index (χ3n) is 4.13. The molecule has 0 aliphatic heterocycles. The van der Waals surface area contributed by atoms with Gasteiger partial charge in [-0.1, -0.05) is 26.0 Å². The summed E-state index contributed by atoms with van der Waals surface area (Å²) >= 11 is 0. The maximum atomic E-state index is 12.3. The van der Waals surface area contributed by atoms with Gasteiger partial charge in [0, 0.05) is 13.1 Å². The van der Waals surface area contributed by atoms with Gasteiger partial charge in [0.05, 0.1) is 4.90 Å². The molecule has 0 amide bonds. The first-order valence-corrected chi connectivity index (χ1v) is 8.79. The Balaban J connectivity index is 2.04. The number of benzene rings is 1. The molecule has 0 unspecified atom stereocenters. The van der Waals surface area contributed by atoms with Crippen molar-refractivity contribution in [1.29, 1.82) is 0 Å². The van der Waals surface area contributed by atoms with Crippen LogP contribution in [0.15, 0.2) is 29.2 Å². The van der Waals surface area contributed by atoms with Gasteiger partial charge in [0.1, 0.15) is 0 Å². The van der Waals surface area contributed by atoms with Crippen LogP contribution in [0.4, 0.5) is 0 Å². The second-order valence-corrected chi connectivity index (χ2v) is 7.37. The van der Waals surface area contributed by atoms with Crippen LogP contribution in [-0.2, 0) is 16.6 Å². The molecule has 2 rings (SSSR count). The number of hydrogen-bond acceptors (Lipinski definition) is 3. The van der Waals surface area contributed by atoms with Gasteiger partial charge < -0.3 is 5.32 Å². The first-order chi connectivity index (χ1) is 9.51. The van der Waals surface area contributed by atoms with Gasteiger partial charge in [-0.2, -0.15) is 0 Å². The van der Waals surface area contributed by atoms with Gasteiger partial charge >= 0.3 is 0 Å². The summed E-state index contributed by atoms with van der Waals surface area (Å²) in [5.41, 5.74) is 1.21. The lowest BCUT2D eigenvalue weighted by atomic mass is 10.1. The van der Waals surface area contributed by atoms with Crippen LogP contribution in [0.3, 0.4) is 0 Å². The predicted octanol–water partition coefficient (Wildman–Crippen LogP) is 2.26. The van der Waals surface area contributed by atoms with Crippen LogP contribution in [-0.4, -0.2) is 21.5 Å². The first kappa shape index (κ1) is 15.5. The van der Waals surface area contributed by atoms with Crippen molar-refractivity contribution >= 4 is 10.0 Å². The van der Waals surface area contributed by atoms with Gasteiger partial charge in [0.25, 0.3) is 0 Å². The van der Waals surface area contributed by atoms with Gasteiger partial charge in [0.15, 0.2) is 0 Å². The molecule has 20 heavy (non-hydrogen) atoms. The fourth-order valence-electron chi connectivity index (χ4n) is 2.26. The number of rotatable bonds is 8. The summed E-state index contributed by atoms with van der Waals surface area (Å²) in [6.45, 7) is 6.27. The van der Waals surface area contributed by atoms with Gasteiger partial charge in [-0.25, -0.2) is 13.1 Å². The van der Waals surface area contributed by atoms with Crippen LogP contribution in [0.1, 0.15) is 38.7 Å². The van der Waals surface area contributed by atoms with Crippen molar-refractivity contribution in [2.45, 2.75) is 44.6 Å². The molecule has 0 atom stereocenters. The lowest BCUT2D eigenvalue weighted by Gasteiger charge is -2.14. The summed E-state index contributed by atoms with van der Waals surface area (Å²) < 4.78 is 27.4. The van der Waals surface area contributed by atoms with Crippen molar-refractivity contribution in [3.05, 3.63) is 29.8 Å². The van der Waals surface area contributed by atoms with Crippen molar-refractivity contribution in [2.24, 2.45) is 5.41 Å². The van der Waals surface area contributed by atoms with Crippen molar-refractivity contribution in [1.82, 2.24) is 10.0 Å². The molecule has 1 aromatic carbocycles. The fourth-order valence-corrected chi connectivity index (χ4v) is 3.48. The minimum Gasteiger partial charge on any atom is -0.313 e. The molecule has 1 fully saturated rings. The van der Waals surface area contributed by atoms with Crippen LogP contribution >= 0.6 is 0 Å². The Morgan fingerprint density at radius 2 is 2.00 bits per heavy atom. The Morgan fingerprint density at radius 1 is 1.25 bits per heavy atom. The molecule has 1 aliphatic carbocycles. The molecule has 0 bridgehead atoms. The topological polar surface area (TPSA) is 58.2 Å². The van der Waals surface area contributed by atoms with Crippen LogP contribution in [0.2, 0.25) is 0 Å². The molecule has 0 heterocycles. The number of hydrogen-bond donors (Lipinski definition) is 2. The zero-order valence-corrected chi connectivity index (χ0v) is 13.1. The second-order valence-electron chi connectivity index (χ2n) is 5.61. The molecule has 0 aromatic heterocycles. The highest BCUT2D eigenvalue weighted by molar-refractivity contribution is 7.89. The number of nitrogens with one attached hydrogen (secondary N) is 2. The van der Waals surface area contributed by atoms with E-state index in [1.807, 2.05) is 13.0 Å². The third-order valence-corrected chi connectivity index (χ3v) is 5.53. The smallest absolute Gasteiger partial charge is 0.240 e. The predicted molar refractivity (Wildman–Crippen MR) is 81.0 cm³/mol. The Morgan fingerprint density at radius 3 is 2.60 bits per heavy atom. The average molecular weight is 296 g/mol. The summed E-state index contributed by atoms with van der Waals surface area (Å²) in [4.78, 5) is 0.361. The van der Waals surface area contributed by atoms with Gasteiger partial charge in [0.2, 0.25) is 10.0 Å². The Bertz CT molecular complexity index is 551. The summed E-state index contributed by atoms with van der Waals surface area (Å²) in [7, 11) is -3.39. The fraction of sp³-hybridized carbons (Fsp3) is 0.600. The normalized spacial score (nSPS) is 17.1. The quantitative estimate of drug-likeness (QED) is 0.773. The SMILES string of the molecule is CCNCc1cccc(S(=O)(=O)NCC2(CC)CC2)c1. The van der Waals surface area contributed by atoms with E-state index in [1.54, 1.807) is 18.2 Å². The lowest BCUT2D eigenvalue weighted by molar-refractivity contribution is 0.475. The molecule has 1 aliphatic rings. The maximum Gasteiger partial charge on any atom is 0.240 e. The van der Waals surface area contributed by atoms with Gasteiger partial charge in [-0.15, -0.1) is 0 Å². The lowest BCUT2D eigenvalue weighted by Crippen LogP contribution is -2.30. The Kier molecular flexibility index (Phi) is 4.83. The van der Waals surface area contributed by atoms with E-state index in [4.69, 9.17) is 0 Å². The molecule has 0 radical (unpaired) electrons. The van der Waals surface area contributed by atoms with E-state index in [9.17, 15) is 8.42 Å². The number of sulfonamides is 1. The summed E-state index contributed by atoms with van der Waals surface area (Å²) in [6, 6.07) is 7.14. The van der Waals surface area contributed by atoms with Crippen molar-refractivity contribution in [3.8, 4) is 0 Å². The Labute approximate surface area is 122 Å². The molecular weight excluding hydrogens is 272 g/mol. The van der Waals surface area contributed by atoms with E-state index < -0.39 is 10.0 Å². The van der Waals surface area contributed by atoms with Crippen molar-refractivity contribution < 1.29 is 8.42 Å². The van der Waals surface area contributed by atoms with Crippen LogP contribution in [0.25, 0.3) is 0 Å². The molecule has 0 spiro atoms. The van der Waals surface area contributed by atoms with E-state index in [2.05, 4.69) is 17.0 Å². The molecular formula is C15H24N2O2S. The van der Waals surface area contributed by atoms with E-state index >= 15 is 0 Å².